The lowest BCUT2D eigenvalue weighted by atomic mass is 10.2. The van der Waals surface area contributed by atoms with Gasteiger partial charge in [-0.15, -0.1) is 0 Å². The van der Waals surface area contributed by atoms with Gasteiger partial charge < -0.3 is 4.74 Å². The monoisotopic (exact) mass is 217 g/mol. The van der Waals surface area contributed by atoms with Gasteiger partial charge in [-0.2, -0.15) is 5.26 Å². The lowest BCUT2D eigenvalue weighted by Crippen LogP contribution is -2.27. The highest BCUT2D eigenvalue weighted by atomic mass is 16.5. The summed E-state index contributed by atoms with van der Waals surface area (Å²) in [7, 11) is 1.62. The van der Waals surface area contributed by atoms with Gasteiger partial charge in [-0.1, -0.05) is 6.07 Å². The summed E-state index contributed by atoms with van der Waals surface area (Å²) in [6.45, 7) is 1.73. The molecule has 1 aromatic heterocycles. The van der Waals surface area contributed by atoms with Gasteiger partial charge in [0.15, 0.2) is 0 Å². The zero-order valence-electron chi connectivity index (χ0n) is 9.39. The Labute approximate surface area is 95.5 Å². The molecule has 0 aromatic carbocycles. The molecule has 16 heavy (non-hydrogen) atoms. The number of ether oxygens (including phenoxy) is 1. The van der Waals surface area contributed by atoms with Crippen LogP contribution in [0.15, 0.2) is 18.3 Å². The number of nitrogens with zero attached hydrogens (tertiary/aromatic N) is 3. The van der Waals surface area contributed by atoms with Crippen molar-refractivity contribution in [3.05, 3.63) is 23.9 Å². The van der Waals surface area contributed by atoms with Crippen LogP contribution in [-0.2, 0) is 6.54 Å². The Morgan fingerprint density at radius 2 is 2.56 bits per heavy atom. The van der Waals surface area contributed by atoms with E-state index in [1.54, 1.807) is 13.3 Å². The van der Waals surface area contributed by atoms with Gasteiger partial charge in [-0.05, 0) is 25.5 Å². The van der Waals surface area contributed by atoms with Crippen LogP contribution < -0.4 is 4.74 Å². The quantitative estimate of drug-likeness (QED) is 0.771. The molecule has 1 fully saturated rings. The number of rotatable bonds is 3. The van der Waals surface area contributed by atoms with Crippen molar-refractivity contribution in [3.63, 3.8) is 0 Å². The van der Waals surface area contributed by atoms with E-state index < -0.39 is 0 Å². The van der Waals surface area contributed by atoms with Crippen LogP contribution in [0.1, 0.15) is 18.4 Å². The molecule has 2 heterocycles. The number of pyridine rings is 1. The van der Waals surface area contributed by atoms with Crippen molar-refractivity contribution in [3.8, 4) is 11.9 Å². The fraction of sp³-hybridized carbons (Fsp3) is 0.500. The number of aromatic nitrogens is 1. The second-order valence-electron chi connectivity index (χ2n) is 3.93. The van der Waals surface area contributed by atoms with Crippen LogP contribution in [0.5, 0.6) is 5.88 Å². The Kier molecular flexibility index (Phi) is 3.37. The molecule has 2 rings (SSSR count). The van der Waals surface area contributed by atoms with Crippen LogP contribution in [0, 0.1) is 11.3 Å². The second kappa shape index (κ2) is 4.95. The minimum atomic E-state index is 0.0462. The molecule has 1 atom stereocenters. The molecular weight excluding hydrogens is 202 g/mol. The normalized spacial score (nSPS) is 20.6. The maximum absolute atomic E-state index is 9.00. The Balaban J connectivity index is 2.11. The summed E-state index contributed by atoms with van der Waals surface area (Å²) in [6.07, 6.45) is 3.79. The van der Waals surface area contributed by atoms with Crippen LogP contribution in [0.2, 0.25) is 0 Å². The van der Waals surface area contributed by atoms with E-state index in [0.717, 1.165) is 31.5 Å². The maximum atomic E-state index is 9.00. The first kappa shape index (κ1) is 10.9. The lowest BCUT2D eigenvalue weighted by molar-refractivity contribution is 0.278. The summed E-state index contributed by atoms with van der Waals surface area (Å²) in [5.41, 5.74) is 1.05. The summed E-state index contributed by atoms with van der Waals surface area (Å²) < 4.78 is 5.20. The van der Waals surface area contributed by atoms with Gasteiger partial charge in [0.2, 0.25) is 5.88 Å². The maximum Gasteiger partial charge on any atom is 0.217 e. The van der Waals surface area contributed by atoms with E-state index in [9.17, 15) is 0 Å². The highest BCUT2D eigenvalue weighted by Crippen LogP contribution is 2.22. The van der Waals surface area contributed by atoms with Crippen LogP contribution in [0.3, 0.4) is 0 Å². The predicted octanol–water partition coefficient (Wildman–Crippen LogP) is 1.58. The van der Waals surface area contributed by atoms with Crippen LogP contribution in [0.4, 0.5) is 0 Å². The van der Waals surface area contributed by atoms with E-state index in [0.29, 0.717) is 5.88 Å². The van der Waals surface area contributed by atoms with Crippen molar-refractivity contribution < 1.29 is 4.74 Å². The van der Waals surface area contributed by atoms with Gasteiger partial charge in [0.25, 0.3) is 0 Å². The molecule has 1 aliphatic heterocycles. The van der Waals surface area contributed by atoms with Gasteiger partial charge in [0.1, 0.15) is 0 Å². The Bertz CT molecular complexity index is 399. The predicted molar refractivity (Wildman–Crippen MR) is 59.8 cm³/mol. The molecule has 1 saturated heterocycles. The van der Waals surface area contributed by atoms with Gasteiger partial charge in [-0.25, -0.2) is 4.98 Å². The van der Waals surface area contributed by atoms with Crippen molar-refractivity contribution in [2.75, 3.05) is 13.7 Å². The van der Waals surface area contributed by atoms with E-state index in [-0.39, 0.29) is 6.04 Å². The topological polar surface area (TPSA) is 49.1 Å². The molecule has 0 amide bonds. The Morgan fingerprint density at radius 1 is 1.69 bits per heavy atom. The molecule has 4 heteroatoms. The Morgan fingerprint density at radius 3 is 3.31 bits per heavy atom. The summed E-state index contributed by atoms with van der Waals surface area (Å²) in [5, 5.41) is 9.00. The average molecular weight is 217 g/mol. The van der Waals surface area contributed by atoms with Gasteiger partial charge in [0.05, 0.1) is 19.2 Å². The highest BCUT2D eigenvalue weighted by Gasteiger charge is 2.24. The fourth-order valence-electron chi connectivity index (χ4n) is 2.11. The SMILES string of the molecule is COc1ncccc1CN1CCCC1C#N. The summed E-state index contributed by atoms with van der Waals surface area (Å²) in [5.74, 6) is 0.658. The van der Waals surface area contributed by atoms with Crippen molar-refractivity contribution in [2.45, 2.75) is 25.4 Å². The van der Waals surface area contributed by atoms with E-state index in [2.05, 4.69) is 16.0 Å². The van der Waals surface area contributed by atoms with Gasteiger partial charge in [0, 0.05) is 18.3 Å². The molecule has 84 valence electrons. The minimum Gasteiger partial charge on any atom is -0.481 e. The molecule has 1 unspecified atom stereocenters. The standard InChI is InChI=1S/C12H15N3O/c1-16-12-10(4-2-6-14-12)9-15-7-3-5-11(15)8-13/h2,4,6,11H,3,5,7,9H2,1H3. The van der Waals surface area contributed by atoms with Crippen LogP contribution >= 0.6 is 0 Å². The molecule has 0 aliphatic carbocycles. The van der Waals surface area contributed by atoms with Crippen molar-refractivity contribution >= 4 is 0 Å². The lowest BCUT2D eigenvalue weighted by Gasteiger charge is -2.19. The van der Waals surface area contributed by atoms with Crippen LogP contribution in [0.25, 0.3) is 0 Å². The summed E-state index contributed by atoms with van der Waals surface area (Å²) >= 11 is 0. The van der Waals surface area contributed by atoms with E-state index >= 15 is 0 Å². The summed E-state index contributed by atoms with van der Waals surface area (Å²) in [4.78, 5) is 6.34. The van der Waals surface area contributed by atoms with Crippen LogP contribution in [-0.4, -0.2) is 29.6 Å². The van der Waals surface area contributed by atoms with E-state index in [1.807, 2.05) is 12.1 Å². The average Bonchev–Trinajstić information content (AvgIpc) is 2.77. The molecule has 0 N–H and O–H groups in total. The number of methoxy groups -OCH3 is 1. The smallest absolute Gasteiger partial charge is 0.217 e. The number of nitriles is 1. The second-order valence-corrected chi connectivity index (χ2v) is 3.93. The molecule has 4 nitrogen and oxygen atoms in total. The Hall–Kier alpha value is -1.60. The van der Waals surface area contributed by atoms with Crippen molar-refractivity contribution in [1.29, 1.82) is 5.26 Å². The molecule has 1 aromatic rings. The first-order valence-electron chi connectivity index (χ1n) is 5.46. The number of likely N-dealkylation sites (tertiary alicyclic amines) is 1. The molecule has 0 saturated carbocycles. The highest BCUT2D eigenvalue weighted by molar-refractivity contribution is 5.25. The molecule has 0 spiro atoms. The van der Waals surface area contributed by atoms with Crippen molar-refractivity contribution in [1.82, 2.24) is 9.88 Å². The zero-order chi connectivity index (χ0) is 11.4. The molecule has 0 radical (unpaired) electrons. The van der Waals surface area contributed by atoms with E-state index in [4.69, 9.17) is 10.00 Å². The number of hydrogen-bond donors (Lipinski definition) is 0. The van der Waals surface area contributed by atoms with Gasteiger partial charge in [-0.3, -0.25) is 4.90 Å². The largest absolute Gasteiger partial charge is 0.481 e. The molecule has 0 bridgehead atoms. The first-order chi connectivity index (χ1) is 7.85. The third-order valence-corrected chi connectivity index (χ3v) is 2.93. The number of hydrogen-bond acceptors (Lipinski definition) is 4. The molecular formula is C12H15N3O. The third kappa shape index (κ3) is 2.15. The minimum absolute atomic E-state index is 0.0462. The van der Waals surface area contributed by atoms with Gasteiger partial charge >= 0.3 is 0 Å². The third-order valence-electron chi connectivity index (χ3n) is 2.93. The first-order valence-corrected chi connectivity index (χ1v) is 5.46. The summed E-state index contributed by atoms with van der Waals surface area (Å²) in [6, 6.07) is 6.28. The molecule has 1 aliphatic rings. The van der Waals surface area contributed by atoms with E-state index in [1.165, 1.54) is 0 Å². The zero-order valence-corrected chi connectivity index (χ0v) is 9.39. The van der Waals surface area contributed by atoms with Crippen molar-refractivity contribution in [2.24, 2.45) is 0 Å². The fourth-order valence-corrected chi connectivity index (χ4v) is 2.11.